The minimum atomic E-state index is -0.608. The van der Waals surface area contributed by atoms with Crippen LogP contribution < -0.4 is 9.47 Å². The number of hydrogen-bond acceptors (Lipinski definition) is 4. The summed E-state index contributed by atoms with van der Waals surface area (Å²) in [6.07, 6.45) is 5.54. The summed E-state index contributed by atoms with van der Waals surface area (Å²) in [6.45, 7) is 20.8. The Morgan fingerprint density at radius 2 is 1.71 bits per heavy atom. The number of pyridine rings is 1. The van der Waals surface area contributed by atoms with Gasteiger partial charge in [0.15, 0.2) is 0 Å². The molecule has 0 saturated carbocycles. The van der Waals surface area contributed by atoms with Gasteiger partial charge in [-0.2, -0.15) is 0 Å². The van der Waals surface area contributed by atoms with Crippen LogP contribution in [0.25, 0.3) is 10.9 Å². The van der Waals surface area contributed by atoms with E-state index in [9.17, 15) is 5.11 Å². The Morgan fingerprint density at radius 1 is 1.02 bits per heavy atom. The summed E-state index contributed by atoms with van der Waals surface area (Å²) in [7, 11) is 3.48. The van der Waals surface area contributed by atoms with Crippen molar-refractivity contribution in [2.24, 2.45) is 11.8 Å². The van der Waals surface area contributed by atoms with Gasteiger partial charge in [0.05, 0.1) is 32.8 Å². The van der Waals surface area contributed by atoms with Gasteiger partial charge in [-0.25, -0.2) is 0 Å². The van der Waals surface area contributed by atoms with Gasteiger partial charge in [0, 0.05) is 47.0 Å². The highest BCUT2D eigenvalue weighted by Gasteiger charge is 2.54. The number of aliphatic hydroxyl groups excluding tert-OH is 1. The molecule has 3 aromatic rings. The van der Waals surface area contributed by atoms with E-state index in [1.807, 2.05) is 30.5 Å². The highest BCUT2D eigenvalue weighted by molar-refractivity contribution is 5.84. The van der Waals surface area contributed by atoms with Gasteiger partial charge in [-0.3, -0.25) is 4.98 Å². The van der Waals surface area contributed by atoms with Crippen LogP contribution in [0.5, 0.6) is 11.5 Å². The molecule has 220 valence electrons. The maximum absolute atomic E-state index is 12.3. The Balaban J connectivity index is 1.63. The van der Waals surface area contributed by atoms with Crippen LogP contribution in [0.15, 0.2) is 55.3 Å². The quantitative estimate of drug-likeness (QED) is 0.242. The molecule has 2 bridgehead atoms. The summed E-state index contributed by atoms with van der Waals surface area (Å²) in [6, 6.07) is 12.8. The number of fused-ring (bicyclic) bond motifs is 4. The number of rotatable bonds is 7. The smallest absolute Gasteiger partial charge is 0.131 e. The van der Waals surface area contributed by atoms with Crippen LogP contribution in [0.4, 0.5) is 0 Å². The minimum Gasteiger partial charge on any atom is -0.497 e. The van der Waals surface area contributed by atoms with Crippen molar-refractivity contribution in [1.29, 1.82) is 0 Å². The van der Waals surface area contributed by atoms with Gasteiger partial charge in [0.2, 0.25) is 0 Å². The number of nitrogens with zero attached hydrogens (tertiary/aromatic N) is 2. The summed E-state index contributed by atoms with van der Waals surface area (Å²) in [5, 5.41) is 13.2. The zero-order valence-corrected chi connectivity index (χ0v) is 26.3. The lowest BCUT2D eigenvalue weighted by Gasteiger charge is -2.58. The van der Waals surface area contributed by atoms with Crippen molar-refractivity contribution < 1.29 is 19.1 Å². The maximum atomic E-state index is 12.3. The number of hydrogen-bond donors (Lipinski definition) is 1. The van der Waals surface area contributed by atoms with Gasteiger partial charge in [-0.05, 0) is 58.7 Å². The summed E-state index contributed by atoms with van der Waals surface area (Å²) < 4.78 is 12.5. The molecule has 3 aliphatic heterocycles. The zero-order chi connectivity index (χ0) is 29.7. The van der Waals surface area contributed by atoms with Crippen molar-refractivity contribution in [2.75, 3.05) is 27.3 Å². The molecule has 3 aliphatic rings. The number of aliphatic hydroxyl groups is 1. The second-order valence-electron chi connectivity index (χ2n) is 14.5. The van der Waals surface area contributed by atoms with Crippen molar-refractivity contribution in [3.05, 3.63) is 77.5 Å². The van der Waals surface area contributed by atoms with Crippen molar-refractivity contribution in [1.82, 2.24) is 4.98 Å². The highest BCUT2D eigenvalue weighted by Crippen LogP contribution is 2.49. The normalized spacial score (nSPS) is 25.2. The van der Waals surface area contributed by atoms with Crippen LogP contribution >= 0.6 is 0 Å². The van der Waals surface area contributed by atoms with Crippen molar-refractivity contribution in [3.63, 3.8) is 0 Å². The first-order valence-corrected chi connectivity index (χ1v) is 15.1. The minimum absolute atomic E-state index is 0.0617. The average molecular weight is 558 g/mol. The molecule has 5 nitrogen and oxygen atoms in total. The third kappa shape index (κ3) is 5.39. The molecule has 1 aromatic heterocycles. The number of quaternary nitrogens is 1. The van der Waals surface area contributed by atoms with Crippen molar-refractivity contribution in [3.8, 4) is 11.5 Å². The van der Waals surface area contributed by atoms with E-state index in [-0.39, 0.29) is 16.9 Å². The van der Waals surface area contributed by atoms with Crippen LogP contribution in [0.2, 0.25) is 0 Å². The Morgan fingerprint density at radius 3 is 2.29 bits per heavy atom. The summed E-state index contributed by atoms with van der Waals surface area (Å²) in [4.78, 5) is 4.59. The van der Waals surface area contributed by atoms with E-state index in [2.05, 4.69) is 71.3 Å². The zero-order valence-electron chi connectivity index (χ0n) is 26.3. The molecule has 41 heavy (non-hydrogen) atoms. The number of methoxy groups -OCH3 is 2. The third-order valence-corrected chi connectivity index (χ3v) is 9.81. The second-order valence-corrected chi connectivity index (χ2v) is 14.5. The number of benzene rings is 2. The fourth-order valence-electron chi connectivity index (χ4n) is 7.60. The SMILES string of the molecule is C=C[C@H]1C[N@+]2(Cc3cc(C(C)(C)C)c(OC)c(C(C)(C)C)c3)CC[C@H]1C[C@@H]2[C@@H](O)c1ccnc2ccc(OC)cc12. The second kappa shape index (κ2) is 10.7. The van der Waals surface area contributed by atoms with E-state index in [0.29, 0.717) is 11.8 Å². The Bertz CT molecular complexity index is 1400. The third-order valence-electron chi connectivity index (χ3n) is 9.81. The largest absolute Gasteiger partial charge is 0.497 e. The predicted molar refractivity (Wildman–Crippen MR) is 168 cm³/mol. The topological polar surface area (TPSA) is 51.6 Å². The molecule has 0 radical (unpaired) electrons. The van der Waals surface area contributed by atoms with E-state index in [1.165, 1.54) is 23.1 Å². The van der Waals surface area contributed by atoms with Gasteiger partial charge < -0.3 is 19.1 Å². The maximum Gasteiger partial charge on any atom is 0.131 e. The van der Waals surface area contributed by atoms with Crippen LogP contribution in [-0.2, 0) is 17.4 Å². The monoisotopic (exact) mass is 557 g/mol. The Labute approximate surface area is 246 Å². The summed E-state index contributed by atoms with van der Waals surface area (Å²) in [5.41, 5.74) is 5.52. The van der Waals surface area contributed by atoms with Gasteiger partial charge >= 0.3 is 0 Å². The Hall–Kier alpha value is -2.89. The van der Waals surface area contributed by atoms with Gasteiger partial charge in [-0.15, -0.1) is 6.58 Å². The molecule has 0 spiro atoms. The first kappa shape index (κ1) is 29.6. The summed E-state index contributed by atoms with van der Waals surface area (Å²) in [5.74, 6) is 2.80. The van der Waals surface area contributed by atoms with E-state index in [1.54, 1.807) is 14.2 Å². The van der Waals surface area contributed by atoms with E-state index in [4.69, 9.17) is 9.47 Å². The molecule has 0 unspecified atom stereocenters. The van der Waals surface area contributed by atoms with E-state index >= 15 is 0 Å². The number of ether oxygens (including phenoxy) is 2. The van der Waals surface area contributed by atoms with Crippen LogP contribution in [0.1, 0.15) is 82.7 Å². The van der Waals surface area contributed by atoms with Crippen LogP contribution in [-0.4, -0.2) is 47.9 Å². The molecule has 3 fully saturated rings. The van der Waals surface area contributed by atoms with Gasteiger partial charge in [-0.1, -0.05) is 47.6 Å². The molecular formula is C36H49N2O3+. The predicted octanol–water partition coefficient (Wildman–Crippen LogP) is 7.49. The molecule has 4 heterocycles. The van der Waals surface area contributed by atoms with Gasteiger partial charge in [0.1, 0.15) is 30.2 Å². The highest BCUT2D eigenvalue weighted by atomic mass is 16.5. The van der Waals surface area contributed by atoms with Crippen LogP contribution in [0.3, 0.4) is 0 Å². The fraction of sp³-hybridized carbons (Fsp3) is 0.528. The molecule has 5 heteroatoms. The van der Waals surface area contributed by atoms with Crippen molar-refractivity contribution >= 4 is 10.9 Å². The van der Waals surface area contributed by atoms with E-state index in [0.717, 1.165) is 58.5 Å². The average Bonchev–Trinajstić information content (AvgIpc) is 2.94. The molecule has 3 saturated heterocycles. The lowest BCUT2D eigenvalue weighted by molar-refractivity contribution is -0.984. The first-order valence-electron chi connectivity index (χ1n) is 15.1. The molecule has 1 N–H and O–H groups in total. The standard InChI is InChI=1S/C36H49N2O3/c1-10-24-22-38(21-23-17-29(35(2,3)4)34(41-9)30(18-23)36(5,6)7)16-14-25(24)19-32(38)33(39)27-13-15-37-31-12-11-26(40-8)20-28(27)31/h10-13,15,17-18,20,24-25,32-33,39H,1,14,16,19,21-22H2,2-9H3/q+1/t24-,25-,32+,33-,38+/m0/s1. The molecule has 0 amide bonds. The fourth-order valence-corrected chi connectivity index (χ4v) is 7.60. The van der Waals surface area contributed by atoms with Crippen LogP contribution in [0, 0.1) is 11.8 Å². The number of aromatic nitrogens is 1. The summed E-state index contributed by atoms with van der Waals surface area (Å²) >= 11 is 0. The van der Waals surface area contributed by atoms with Crippen molar-refractivity contribution in [2.45, 2.75) is 83.9 Å². The lowest BCUT2D eigenvalue weighted by Crippen LogP contribution is -2.67. The van der Waals surface area contributed by atoms with E-state index < -0.39 is 6.10 Å². The Kier molecular flexibility index (Phi) is 7.76. The molecule has 2 aromatic carbocycles. The lowest BCUT2D eigenvalue weighted by atomic mass is 9.70. The first-order chi connectivity index (χ1) is 19.3. The molecular weight excluding hydrogens is 508 g/mol. The molecule has 0 aliphatic carbocycles. The number of piperidine rings is 3. The van der Waals surface area contributed by atoms with Gasteiger partial charge in [0.25, 0.3) is 0 Å². The molecule has 6 rings (SSSR count). The molecule has 5 atom stereocenters.